The van der Waals surface area contributed by atoms with Crippen molar-refractivity contribution in [2.75, 3.05) is 5.32 Å². The fourth-order valence-corrected chi connectivity index (χ4v) is 2.88. The predicted octanol–water partition coefficient (Wildman–Crippen LogP) is 2.66. The molecule has 0 aliphatic rings. The molecule has 0 aliphatic carbocycles. The Morgan fingerprint density at radius 1 is 1.32 bits per heavy atom. The van der Waals surface area contributed by atoms with Crippen molar-refractivity contribution in [1.82, 2.24) is 19.9 Å². The van der Waals surface area contributed by atoms with Crippen LogP contribution >= 0.6 is 11.3 Å². The quantitative estimate of drug-likeness (QED) is 0.763. The van der Waals surface area contributed by atoms with E-state index in [9.17, 15) is 9.90 Å². The number of thiazole rings is 1. The zero-order chi connectivity index (χ0) is 15.7. The van der Waals surface area contributed by atoms with E-state index < -0.39 is 5.97 Å². The first kappa shape index (κ1) is 14.3. The summed E-state index contributed by atoms with van der Waals surface area (Å²) >= 11 is 1.27. The summed E-state index contributed by atoms with van der Waals surface area (Å²) < 4.78 is 0.487. The van der Waals surface area contributed by atoms with Crippen LogP contribution in [0.3, 0.4) is 0 Å². The molecule has 3 aromatic rings. The molecule has 0 amide bonds. The van der Waals surface area contributed by atoms with Gasteiger partial charge in [-0.3, -0.25) is 4.98 Å². The first-order chi connectivity index (χ1) is 10.5. The topological polar surface area (TPSA) is 101 Å². The third-order valence-electron chi connectivity index (χ3n) is 3.04. The van der Waals surface area contributed by atoms with Crippen LogP contribution < -0.4 is 5.32 Å². The van der Waals surface area contributed by atoms with Gasteiger partial charge in [0, 0.05) is 6.20 Å². The summed E-state index contributed by atoms with van der Waals surface area (Å²) in [5, 5.41) is 13.1. The summed E-state index contributed by atoms with van der Waals surface area (Å²) in [5.41, 5.74) is 1.18. The van der Waals surface area contributed by atoms with Gasteiger partial charge in [-0.25, -0.2) is 14.8 Å². The number of carboxylic acids is 1. The first-order valence-corrected chi connectivity index (χ1v) is 7.42. The zero-order valence-electron chi connectivity index (χ0n) is 11.9. The number of carbonyl (C=O) groups is 1. The van der Waals surface area contributed by atoms with Gasteiger partial charge in [-0.05, 0) is 26.0 Å². The molecule has 0 bridgehead atoms. The number of hydrogen-bond acceptors (Lipinski definition) is 7. The van der Waals surface area contributed by atoms with Gasteiger partial charge in [0.25, 0.3) is 0 Å². The van der Waals surface area contributed by atoms with Crippen molar-refractivity contribution < 1.29 is 9.90 Å². The Balaban J connectivity index is 1.99. The molecule has 3 heterocycles. The lowest BCUT2D eigenvalue weighted by atomic mass is 10.2. The number of aromatic carboxylic acids is 1. The van der Waals surface area contributed by atoms with Crippen molar-refractivity contribution in [3.05, 3.63) is 40.8 Å². The van der Waals surface area contributed by atoms with Gasteiger partial charge in [0.15, 0.2) is 11.3 Å². The molecule has 8 heteroatoms. The maximum Gasteiger partial charge on any atom is 0.356 e. The minimum atomic E-state index is -1.09. The van der Waals surface area contributed by atoms with Gasteiger partial charge in [-0.15, -0.1) is 11.3 Å². The molecule has 3 rings (SSSR count). The normalized spacial score (nSPS) is 12.3. The van der Waals surface area contributed by atoms with E-state index in [1.807, 2.05) is 32.0 Å². The third kappa shape index (κ3) is 2.73. The summed E-state index contributed by atoms with van der Waals surface area (Å²) in [6.45, 7) is 3.71. The number of fused-ring (bicyclic) bond motifs is 1. The number of aromatic nitrogens is 4. The van der Waals surface area contributed by atoms with Crippen LogP contribution in [0, 0.1) is 6.92 Å². The molecule has 0 fully saturated rings. The van der Waals surface area contributed by atoms with Gasteiger partial charge >= 0.3 is 5.97 Å². The second-order valence-corrected chi connectivity index (χ2v) is 5.91. The molecule has 0 saturated heterocycles. The van der Waals surface area contributed by atoms with Crippen molar-refractivity contribution in [3.8, 4) is 0 Å². The van der Waals surface area contributed by atoms with Gasteiger partial charge in [0.05, 0.1) is 16.7 Å². The van der Waals surface area contributed by atoms with E-state index in [-0.39, 0.29) is 17.7 Å². The summed E-state index contributed by atoms with van der Waals surface area (Å²) in [5.74, 6) is -0.863. The second kappa shape index (κ2) is 5.64. The van der Waals surface area contributed by atoms with Gasteiger partial charge in [0.2, 0.25) is 5.95 Å². The van der Waals surface area contributed by atoms with E-state index in [0.29, 0.717) is 10.3 Å². The van der Waals surface area contributed by atoms with Gasteiger partial charge in [-0.2, -0.15) is 4.98 Å². The summed E-state index contributed by atoms with van der Waals surface area (Å²) in [7, 11) is 0. The maximum absolute atomic E-state index is 11.4. The van der Waals surface area contributed by atoms with Crippen LogP contribution in [0.2, 0.25) is 0 Å². The van der Waals surface area contributed by atoms with E-state index in [1.165, 1.54) is 11.3 Å². The SMILES string of the molecule is Cc1nc2nc(NC(C)c3ccccn3)nc(C(=O)O)c2s1. The lowest BCUT2D eigenvalue weighted by molar-refractivity contribution is 0.0693. The standard InChI is InChI=1S/C14H13N5O2S/c1-7(9-5-3-4-6-15-9)16-14-18-10(13(20)21)11-12(19-14)17-8(2)22-11/h3-7H,1-2H3,(H,20,21)(H,16,18,19). The average molecular weight is 315 g/mol. The number of hydrogen-bond donors (Lipinski definition) is 2. The van der Waals surface area contributed by atoms with Crippen LogP contribution in [0.5, 0.6) is 0 Å². The van der Waals surface area contributed by atoms with Crippen LogP contribution in [-0.4, -0.2) is 31.0 Å². The number of nitrogens with zero attached hydrogens (tertiary/aromatic N) is 4. The Kier molecular flexibility index (Phi) is 3.68. The minimum absolute atomic E-state index is 0.0358. The Hall–Kier alpha value is -2.61. The monoisotopic (exact) mass is 315 g/mol. The highest BCUT2D eigenvalue weighted by Gasteiger charge is 2.18. The fourth-order valence-electron chi connectivity index (χ4n) is 2.04. The Morgan fingerprint density at radius 3 is 2.82 bits per heavy atom. The average Bonchev–Trinajstić information content (AvgIpc) is 2.87. The van der Waals surface area contributed by atoms with Crippen LogP contribution in [0.15, 0.2) is 24.4 Å². The molecule has 0 aromatic carbocycles. The zero-order valence-corrected chi connectivity index (χ0v) is 12.8. The van der Waals surface area contributed by atoms with Crippen molar-refractivity contribution in [2.24, 2.45) is 0 Å². The minimum Gasteiger partial charge on any atom is -0.476 e. The molecule has 112 valence electrons. The van der Waals surface area contributed by atoms with Gasteiger partial charge in [0.1, 0.15) is 4.70 Å². The van der Waals surface area contributed by atoms with E-state index in [1.54, 1.807) is 6.20 Å². The highest BCUT2D eigenvalue weighted by atomic mass is 32.1. The molecule has 22 heavy (non-hydrogen) atoms. The predicted molar refractivity (Wildman–Crippen MR) is 83.2 cm³/mol. The second-order valence-electron chi connectivity index (χ2n) is 4.71. The molecule has 2 N–H and O–H groups in total. The van der Waals surface area contributed by atoms with E-state index in [0.717, 1.165) is 10.7 Å². The molecular formula is C14H13N5O2S. The molecule has 0 spiro atoms. The molecule has 7 nitrogen and oxygen atoms in total. The summed E-state index contributed by atoms with van der Waals surface area (Å²) in [6, 6.07) is 5.44. The number of anilines is 1. The number of carboxylic acid groups (broad SMARTS) is 1. The highest BCUT2D eigenvalue weighted by Crippen LogP contribution is 2.25. The van der Waals surface area contributed by atoms with Crippen LogP contribution in [0.25, 0.3) is 10.3 Å². The molecule has 1 unspecified atom stereocenters. The highest BCUT2D eigenvalue weighted by molar-refractivity contribution is 7.18. The number of nitrogens with one attached hydrogen (secondary N) is 1. The van der Waals surface area contributed by atoms with Crippen molar-refractivity contribution >= 4 is 33.6 Å². The molecule has 3 aromatic heterocycles. The lowest BCUT2D eigenvalue weighted by Gasteiger charge is -2.13. The van der Waals surface area contributed by atoms with Crippen molar-refractivity contribution in [2.45, 2.75) is 19.9 Å². The maximum atomic E-state index is 11.4. The van der Waals surface area contributed by atoms with Crippen LogP contribution in [0.4, 0.5) is 5.95 Å². The van der Waals surface area contributed by atoms with Crippen LogP contribution in [-0.2, 0) is 0 Å². The Bertz CT molecular complexity index is 834. The van der Waals surface area contributed by atoms with Gasteiger partial charge < -0.3 is 10.4 Å². The Labute approximate surface area is 130 Å². The fraction of sp³-hybridized carbons (Fsp3) is 0.214. The van der Waals surface area contributed by atoms with Crippen molar-refractivity contribution in [3.63, 3.8) is 0 Å². The van der Waals surface area contributed by atoms with E-state index in [2.05, 4.69) is 25.3 Å². The molecule has 0 aliphatic heterocycles. The number of pyridine rings is 1. The van der Waals surface area contributed by atoms with E-state index in [4.69, 9.17) is 0 Å². The largest absolute Gasteiger partial charge is 0.476 e. The van der Waals surface area contributed by atoms with Crippen molar-refractivity contribution in [1.29, 1.82) is 0 Å². The number of aryl methyl sites for hydroxylation is 1. The molecule has 0 radical (unpaired) electrons. The van der Waals surface area contributed by atoms with Gasteiger partial charge in [-0.1, -0.05) is 6.07 Å². The smallest absolute Gasteiger partial charge is 0.356 e. The lowest BCUT2D eigenvalue weighted by Crippen LogP contribution is -2.13. The third-order valence-corrected chi connectivity index (χ3v) is 4.01. The molecular weight excluding hydrogens is 302 g/mol. The van der Waals surface area contributed by atoms with E-state index >= 15 is 0 Å². The Morgan fingerprint density at radius 2 is 2.14 bits per heavy atom. The molecule has 1 atom stereocenters. The molecule has 0 saturated carbocycles. The summed E-state index contributed by atoms with van der Waals surface area (Å²) in [4.78, 5) is 28.3. The number of rotatable bonds is 4. The first-order valence-electron chi connectivity index (χ1n) is 6.60. The summed E-state index contributed by atoms with van der Waals surface area (Å²) in [6.07, 6.45) is 1.70. The van der Waals surface area contributed by atoms with Crippen LogP contribution in [0.1, 0.15) is 34.2 Å².